The third-order valence-corrected chi connectivity index (χ3v) is 3.17. The topological polar surface area (TPSA) is 38.3 Å². The third-order valence-electron chi connectivity index (χ3n) is 2.19. The Morgan fingerprint density at radius 2 is 2.00 bits per heavy atom. The van der Waals surface area contributed by atoms with Gasteiger partial charge in [0.25, 0.3) is 5.91 Å². The SMILES string of the molecule is COc1cscc1C(=O)Nc1ccc(Cl)cc1. The number of methoxy groups -OCH3 is 1. The van der Waals surface area contributed by atoms with Crippen LogP contribution in [-0.4, -0.2) is 13.0 Å². The van der Waals surface area contributed by atoms with Crippen molar-refractivity contribution in [2.45, 2.75) is 0 Å². The minimum atomic E-state index is -0.189. The molecule has 1 heterocycles. The van der Waals surface area contributed by atoms with Gasteiger partial charge in [-0.05, 0) is 24.3 Å². The first kappa shape index (κ1) is 12.0. The van der Waals surface area contributed by atoms with Crippen molar-refractivity contribution in [1.29, 1.82) is 0 Å². The highest BCUT2D eigenvalue weighted by molar-refractivity contribution is 7.08. The molecule has 3 nitrogen and oxygen atoms in total. The fraction of sp³-hybridized carbons (Fsp3) is 0.0833. The number of rotatable bonds is 3. The zero-order chi connectivity index (χ0) is 12.3. The fourth-order valence-electron chi connectivity index (χ4n) is 1.34. The van der Waals surface area contributed by atoms with E-state index in [4.69, 9.17) is 16.3 Å². The van der Waals surface area contributed by atoms with Crippen LogP contribution in [0.1, 0.15) is 10.4 Å². The average Bonchev–Trinajstić information content (AvgIpc) is 2.80. The van der Waals surface area contributed by atoms with Gasteiger partial charge in [0.1, 0.15) is 5.75 Å². The quantitative estimate of drug-likeness (QED) is 0.922. The van der Waals surface area contributed by atoms with Crippen molar-refractivity contribution in [3.8, 4) is 5.75 Å². The number of thiophene rings is 1. The number of hydrogen-bond donors (Lipinski definition) is 1. The molecule has 0 saturated carbocycles. The van der Waals surface area contributed by atoms with Crippen molar-refractivity contribution >= 4 is 34.5 Å². The minimum Gasteiger partial charge on any atom is -0.495 e. The Balaban J connectivity index is 2.14. The van der Waals surface area contributed by atoms with Gasteiger partial charge in [0.2, 0.25) is 0 Å². The molecule has 0 aliphatic rings. The predicted octanol–water partition coefficient (Wildman–Crippen LogP) is 3.66. The van der Waals surface area contributed by atoms with E-state index in [9.17, 15) is 4.79 Å². The van der Waals surface area contributed by atoms with Crippen molar-refractivity contribution in [3.05, 3.63) is 45.6 Å². The lowest BCUT2D eigenvalue weighted by molar-refractivity contribution is 0.102. The molecule has 2 aromatic rings. The van der Waals surface area contributed by atoms with Crippen LogP contribution in [0.2, 0.25) is 5.02 Å². The summed E-state index contributed by atoms with van der Waals surface area (Å²) in [6.07, 6.45) is 0. The number of carbonyl (C=O) groups is 1. The van der Waals surface area contributed by atoms with E-state index in [1.165, 1.54) is 11.3 Å². The lowest BCUT2D eigenvalue weighted by atomic mass is 10.2. The van der Waals surface area contributed by atoms with Crippen LogP contribution in [0.25, 0.3) is 0 Å². The molecule has 1 aromatic heterocycles. The Hall–Kier alpha value is -1.52. The first-order valence-corrected chi connectivity index (χ1v) is 6.20. The molecule has 0 atom stereocenters. The summed E-state index contributed by atoms with van der Waals surface area (Å²) in [4.78, 5) is 11.9. The number of amides is 1. The Morgan fingerprint density at radius 1 is 1.29 bits per heavy atom. The first-order chi connectivity index (χ1) is 8.20. The van der Waals surface area contributed by atoms with Gasteiger partial charge in [0.05, 0.1) is 12.7 Å². The van der Waals surface area contributed by atoms with E-state index < -0.39 is 0 Å². The highest BCUT2D eigenvalue weighted by Crippen LogP contribution is 2.24. The fourth-order valence-corrected chi connectivity index (χ4v) is 2.24. The zero-order valence-corrected chi connectivity index (χ0v) is 10.6. The Morgan fingerprint density at radius 3 is 2.65 bits per heavy atom. The molecule has 1 aromatic carbocycles. The number of halogens is 1. The molecule has 5 heteroatoms. The highest BCUT2D eigenvalue weighted by Gasteiger charge is 2.13. The van der Waals surface area contributed by atoms with Gasteiger partial charge in [-0.1, -0.05) is 11.6 Å². The molecular formula is C12H10ClNO2S. The maximum absolute atomic E-state index is 11.9. The van der Waals surface area contributed by atoms with Gasteiger partial charge in [-0.15, -0.1) is 11.3 Å². The number of benzene rings is 1. The molecule has 0 fully saturated rings. The molecule has 2 rings (SSSR count). The zero-order valence-electron chi connectivity index (χ0n) is 9.07. The molecule has 88 valence electrons. The molecule has 1 N–H and O–H groups in total. The van der Waals surface area contributed by atoms with Gasteiger partial charge in [0.15, 0.2) is 0 Å². The minimum absolute atomic E-state index is 0.189. The molecule has 0 spiro atoms. The van der Waals surface area contributed by atoms with Crippen molar-refractivity contribution < 1.29 is 9.53 Å². The number of ether oxygens (including phenoxy) is 1. The van der Waals surface area contributed by atoms with Crippen LogP contribution in [0.5, 0.6) is 5.75 Å². The number of carbonyl (C=O) groups excluding carboxylic acids is 1. The molecule has 0 radical (unpaired) electrons. The van der Waals surface area contributed by atoms with Gasteiger partial charge in [-0.25, -0.2) is 0 Å². The lowest BCUT2D eigenvalue weighted by Crippen LogP contribution is -2.11. The molecule has 0 aliphatic heterocycles. The maximum atomic E-state index is 11.9. The van der Waals surface area contributed by atoms with E-state index in [1.54, 1.807) is 42.1 Å². The van der Waals surface area contributed by atoms with Crippen LogP contribution in [0.15, 0.2) is 35.0 Å². The van der Waals surface area contributed by atoms with Crippen LogP contribution in [0.3, 0.4) is 0 Å². The molecule has 0 bridgehead atoms. The molecular weight excluding hydrogens is 258 g/mol. The summed E-state index contributed by atoms with van der Waals surface area (Å²) in [5.74, 6) is 0.395. The summed E-state index contributed by atoms with van der Waals surface area (Å²) in [7, 11) is 1.54. The second kappa shape index (κ2) is 5.21. The van der Waals surface area contributed by atoms with Crippen LogP contribution < -0.4 is 10.1 Å². The number of nitrogens with one attached hydrogen (secondary N) is 1. The van der Waals surface area contributed by atoms with E-state index in [1.807, 2.05) is 0 Å². The van der Waals surface area contributed by atoms with Gasteiger partial charge < -0.3 is 10.1 Å². The van der Waals surface area contributed by atoms with Gasteiger partial charge in [-0.2, -0.15) is 0 Å². The van der Waals surface area contributed by atoms with E-state index >= 15 is 0 Å². The Kier molecular flexibility index (Phi) is 3.66. The van der Waals surface area contributed by atoms with Crippen molar-refractivity contribution in [2.75, 3.05) is 12.4 Å². The monoisotopic (exact) mass is 267 g/mol. The van der Waals surface area contributed by atoms with Gasteiger partial charge in [-0.3, -0.25) is 4.79 Å². The van der Waals surface area contributed by atoms with E-state index in [2.05, 4.69) is 5.32 Å². The molecule has 0 saturated heterocycles. The Bertz CT molecular complexity index is 522. The molecule has 0 aliphatic carbocycles. The van der Waals surface area contributed by atoms with Gasteiger partial charge in [0, 0.05) is 21.5 Å². The van der Waals surface area contributed by atoms with Crippen LogP contribution >= 0.6 is 22.9 Å². The molecule has 1 amide bonds. The standard InChI is InChI=1S/C12H10ClNO2S/c1-16-11-7-17-6-10(11)12(15)14-9-4-2-8(13)3-5-9/h2-7H,1H3,(H,14,15). The summed E-state index contributed by atoms with van der Waals surface area (Å²) in [6.45, 7) is 0. The maximum Gasteiger partial charge on any atom is 0.260 e. The predicted molar refractivity (Wildman–Crippen MR) is 70.3 cm³/mol. The second-order valence-electron chi connectivity index (χ2n) is 3.31. The summed E-state index contributed by atoms with van der Waals surface area (Å²) in [6, 6.07) is 6.95. The second-order valence-corrected chi connectivity index (χ2v) is 4.49. The smallest absolute Gasteiger partial charge is 0.260 e. The summed E-state index contributed by atoms with van der Waals surface area (Å²) in [5, 5.41) is 6.95. The molecule has 17 heavy (non-hydrogen) atoms. The van der Waals surface area contributed by atoms with Crippen molar-refractivity contribution in [2.24, 2.45) is 0 Å². The average molecular weight is 268 g/mol. The third kappa shape index (κ3) is 2.78. The largest absolute Gasteiger partial charge is 0.495 e. The summed E-state index contributed by atoms with van der Waals surface area (Å²) >= 11 is 7.19. The summed E-state index contributed by atoms with van der Waals surface area (Å²) < 4.78 is 5.09. The van der Waals surface area contributed by atoms with Crippen LogP contribution in [0.4, 0.5) is 5.69 Å². The first-order valence-electron chi connectivity index (χ1n) is 4.88. The highest BCUT2D eigenvalue weighted by atomic mass is 35.5. The van der Waals surface area contributed by atoms with E-state index in [0.29, 0.717) is 22.0 Å². The van der Waals surface area contributed by atoms with Gasteiger partial charge >= 0.3 is 0 Å². The lowest BCUT2D eigenvalue weighted by Gasteiger charge is -2.05. The van der Waals surface area contributed by atoms with Crippen molar-refractivity contribution in [3.63, 3.8) is 0 Å². The van der Waals surface area contributed by atoms with E-state index in [0.717, 1.165) is 0 Å². The normalized spacial score (nSPS) is 10.0. The van der Waals surface area contributed by atoms with Crippen LogP contribution in [0, 0.1) is 0 Å². The summed E-state index contributed by atoms with van der Waals surface area (Å²) in [5.41, 5.74) is 1.24. The van der Waals surface area contributed by atoms with Crippen LogP contribution in [-0.2, 0) is 0 Å². The van der Waals surface area contributed by atoms with E-state index in [-0.39, 0.29) is 5.91 Å². The number of hydrogen-bond acceptors (Lipinski definition) is 3. The Labute approximate surface area is 108 Å². The number of anilines is 1. The molecule has 0 unspecified atom stereocenters. The van der Waals surface area contributed by atoms with Crippen molar-refractivity contribution in [1.82, 2.24) is 0 Å².